The summed E-state index contributed by atoms with van der Waals surface area (Å²) < 4.78 is 5.42. The molecule has 1 amide bonds. The molecule has 1 saturated heterocycles. The van der Waals surface area contributed by atoms with Crippen LogP contribution in [-0.4, -0.2) is 41.2 Å². The summed E-state index contributed by atoms with van der Waals surface area (Å²) >= 11 is 6.01. The molecule has 6 nitrogen and oxygen atoms in total. The predicted molar refractivity (Wildman–Crippen MR) is 76.2 cm³/mol. The molecule has 0 bridgehead atoms. The van der Waals surface area contributed by atoms with Gasteiger partial charge in [-0.1, -0.05) is 6.92 Å². The van der Waals surface area contributed by atoms with Crippen molar-refractivity contribution in [3.63, 3.8) is 0 Å². The second-order valence-corrected chi connectivity index (χ2v) is 5.73. The number of fused-ring (bicyclic) bond motifs is 3. The van der Waals surface area contributed by atoms with Crippen molar-refractivity contribution >= 4 is 29.0 Å². The van der Waals surface area contributed by atoms with Crippen LogP contribution < -0.4 is 10.2 Å². The first-order valence-corrected chi connectivity index (χ1v) is 7.05. The highest BCUT2D eigenvalue weighted by Crippen LogP contribution is 2.43. The standard InChI is InChI=1S/C13H17ClN4O2/c1-4-8-9-10(17-12(14)15-8)18-6-7(20-3)5-13(18,2)11(19)16-9/h7H,4-6H2,1-3H3,(H,16,19)/t7-,13-/m1/s1. The highest BCUT2D eigenvalue weighted by molar-refractivity contribution is 6.28. The fourth-order valence-corrected chi connectivity index (χ4v) is 3.19. The molecule has 1 aromatic rings. The van der Waals surface area contributed by atoms with Crippen LogP contribution in [0, 0.1) is 0 Å². The molecule has 1 fully saturated rings. The fourth-order valence-electron chi connectivity index (χ4n) is 3.01. The normalized spacial score (nSPS) is 28.1. The molecule has 1 N–H and O–H groups in total. The van der Waals surface area contributed by atoms with Gasteiger partial charge < -0.3 is 15.0 Å². The van der Waals surface area contributed by atoms with Crippen molar-refractivity contribution in [3.05, 3.63) is 11.0 Å². The molecule has 0 aliphatic carbocycles. The number of ether oxygens (including phenoxy) is 1. The van der Waals surface area contributed by atoms with E-state index < -0.39 is 5.54 Å². The van der Waals surface area contributed by atoms with E-state index in [0.717, 1.165) is 5.69 Å². The zero-order valence-electron chi connectivity index (χ0n) is 11.7. The molecule has 0 spiro atoms. The molecular weight excluding hydrogens is 280 g/mol. The van der Waals surface area contributed by atoms with Gasteiger partial charge in [0.2, 0.25) is 11.2 Å². The van der Waals surface area contributed by atoms with Crippen molar-refractivity contribution < 1.29 is 9.53 Å². The molecule has 7 heteroatoms. The average molecular weight is 297 g/mol. The third kappa shape index (κ3) is 1.78. The molecule has 20 heavy (non-hydrogen) atoms. The maximum Gasteiger partial charge on any atom is 0.250 e. The summed E-state index contributed by atoms with van der Waals surface area (Å²) in [6.45, 7) is 4.51. The minimum Gasteiger partial charge on any atom is -0.380 e. The molecule has 3 heterocycles. The van der Waals surface area contributed by atoms with E-state index in [-0.39, 0.29) is 17.3 Å². The lowest BCUT2D eigenvalue weighted by atomic mass is 9.94. The SMILES string of the molecule is CCc1nc(Cl)nc2c1NC(=O)[C@@]1(C)C[C@@H](OC)CN21. The molecule has 0 radical (unpaired) electrons. The smallest absolute Gasteiger partial charge is 0.250 e. The summed E-state index contributed by atoms with van der Waals surface area (Å²) in [6, 6.07) is 0. The first-order valence-electron chi connectivity index (χ1n) is 6.68. The van der Waals surface area contributed by atoms with Crippen LogP contribution in [0.3, 0.4) is 0 Å². The Hall–Kier alpha value is -1.40. The number of methoxy groups -OCH3 is 1. The third-order valence-corrected chi connectivity index (χ3v) is 4.37. The number of nitrogens with zero attached hydrogens (tertiary/aromatic N) is 3. The van der Waals surface area contributed by atoms with Crippen LogP contribution in [0.1, 0.15) is 26.0 Å². The number of aromatic nitrogens is 2. The Morgan fingerprint density at radius 3 is 2.95 bits per heavy atom. The number of anilines is 2. The van der Waals surface area contributed by atoms with E-state index in [1.165, 1.54) is 0 Å². The van der Waals surface area contributed by atoms with Gasteiger partial charge in [-0.2, -0.15) is 4.98 Å². The Morgan fingerprint density at radius 2 is 2.30 bits per heavy atom. The molecule has 1 aromatic heterocycles. The Balaban J connectivity index is 2.15. The largest absolute Gasteiger partial charge is 0.380 e. The van der Waals surface area contributed by atoms with Gasteiger partial charge in [0.25, 0.3) is 0 Å². The average Bonchev–Trinajstić information content (AvgIpc) is 2.78. The van der Waals surface area contributed by atoms with Crippen LogP contribution in [-0.2, 0) is 16.0 Å². The summed E-state index contributed by atoms with van der Waals surface area (Å²) in [7, 11) is 1.66. The molecule has 0 aromatic carbocycles. The topological polar surface area (TPSA) is 67.3 Å². The Kier molecular flexibility index (Phi) is 3.10. The number of halogens is 1. The maximum absolute atomic E-state index is 12.5. The van der Waals surface area contributed by atoms with Crippen molar-refractivity contribution in [1.29, 1.82) is 0 Å². The van der Waals surface area contributed by atoms with Crippen LogP contribution in [0.5, 0.6) is 0 Å². The van der Waals surface area contributed by atoms with Gasteiger partial charge >= 0.3 is 0 Å². The molecule has 0 unspecified atom stereocenters. The maximum atomic E-state index is 12.5. The summed E-state index contributed by atoms with van der Waals surface area (Å²) in [5, 5.41) is 3.15. The minimum atomic E-state index is -0.642. The number of carbonyl (C=O) groups is 1. The number of hydrogen-bond acceptors (Lipinski definition) is 5. The quantitative estimate of drug-likeness (QED) is 0.840. The Morgan fingerprint density at radius 1 is 1.55 bits per heavy atom. The summed E-state index contributed by atoms with van der Waals surface area (Å²) in [4.78, 5) is 23.0. The second-order valence-electron chi connectivity index (χ2n) is 5.39. The van der Waals surface area contributed by atoms with Gasteiger partial charge in [-0.05, 0) is 24.9 Å². The van der Waals surface area contributed by atoms with Gasteiger partial charge in [0.05, 0.1) is 11.8 Å². The van der Waals surface area contributed by atoms with Crippen LogP contribution in [0.4, 0.5) is 11.5 Å². The zero-order valence-corrected chi connectivity index (χ0v) is 12.5. The third-order valence-electron chi connectivity index (χ3n) is 4.20. The summed E-state index contributed by atoms with van der Waals surface area (Å²) in [5.41, 5.74) is 0.795. The fraction of sp³-hybridized carbons (Fsp3) is 0.615. The molecule has 2 atom stereocenters. The number of aryl methyl sites for hydroxylation is 1. The molecule has 3 rings (SSSR count). The van der Waals surface area contributed by atoms with Gasteiger partial charge in [-0.3, -0.25) is 4.79 Å². The predicted octanol–water partition coefficient (Wildman–Crippen LogP) is 1.63. The van der Waals surface area contributed by atoms with E-state index in [0.29, 0.717) is 30.9 Å². The van der Waals surface area contributed by atoms with Gasteiger partial charge in [-0.15, -0.1) is 0 Å². The first kappa shape index (κ1) is 13.6. The first-order chi connectivity index (χ1) is 9.49. The van der Waals surface area contributed by atoms with E-state index in [4.69, 9.17) is 16.3 Å². The van der Waals surface area contributed by atoms with Crippen molar-refractivity contribution in [2.45, 2.75) is 38.3 Å². The molecule has 108 valence electrons. The van der Waals surface area contributed by atoms with Crippen molar-refractivity contribution in [1.82, 2.24) is 9.97 Å². The van der Waals surface area contributed by atoms with Crippen LogP contribution in [0.25, 0.3) is 0 Å². The van der Waals surface area contributed by atoms with Crippen molar-refractivity contribution in [2.24, 2.45) is 0 Å². The number of carbonyl (C=O) groups excluding carboxylic acids is 1. The lowest BCUT2D eigenvalue weighted by Crippen LogP contribution is -2.54. The van der Waals surface area contributed by atoms with E-state index in [1.54, 1.807) is 7.11 Å². The van der Waals surface area contributed by atoms with Crippen molar-refractivity contribution in [2.75, 3.05) is 23.9 Å². The van der Waals surface area contributed by atoms with E-state index in [1.807, 2.05) is 18.7 Å². The van der Waals surface area contributed by atoms with E-state index in [9.17, 15) is 4.79 Å². The van der Waals surface area contributed by atoms with E-state index in [2.05, 4.69) is 15.3 Å². The van der Waals surface area contributed by atoms with Gasteiger partial charge in [-0.25, -0.2) is 4.98 Å². The zero-order chi connectivity index (χ0) is 14.5. The number of hydrogen-bond donors (Lipinski definition) is 1. The van der Waals surface area contributed by atoms with E-state index >= 15 is 0 Å². The monoisotopic (exact) mass is 296 g/mol. The highest BCUT2D eigenvalue weighted by Gasteiger charge is 2.52. The van der Waals surface area contributed by atoms with Gasteiger partial charge in [0.15, 0.2) is 5.82 Å². The highest BCUT2D eigenvalue weighted by atomic mass is 35.5. The molecule has 0 saturated carbocycles. The van der Waals surface area contributed by atoms with Gasteiger partial charge in [0, 0.05) is 20.1 Å². The van der Waals surface area contributed by atoms with Crippen LogP contribution in [0.2, 0.25) is 5.28 Å². The lowest BCUT2D eigenvalue weighted by molar-refractivity contribution is -0.121. The number of amides is 1. The Labute approximate surface area is 122 Å². The van der Waals surface area contributed by atoms with Crippen LogP contribution >= 0.6 is 11.6 Å². The van der Waals surface area contributed by atoms with Crippen molar-refractivity contribution in [3.8, 4) is 0 Å². The summed E-state index contributed by atoms with van der Waals surface area (Å²) in [6.07, 6.45) is 1.33. The lowest BCUT2D eigenvalue weighted by Gasteiger charge is -2.39. The minimum absolute atomic E-state index is 0.00974. The van der Waals surface area contributed by atoms with Gasteiger partial charge in [0.1, 0.15) is 11.2 Å². The second kappa shape index (κ2) is 4.56. The molecular formula is C13H17ClN4O2. The number of nitrogens with one attached hydrogen (secondary N) is 1. The molecule has 2 aliphatic heterocycles. The van der Waals surface area contributed by atoms with Crippen LogP contribution in [0.15, 0.2) is 0 Å². The molecule has 2 aliphatic rings. The number of rotatable bonds is 2. The summed E-state index contributed by atoms with van der Waals surface area (Å²) in [5.74, 6) is 0.661. The Bertz CT molecular complexity index is 580.